The molecule has 0 saturated heterocycles. The highest BCUT2D eigenvalue weighted by molar-refractivity contribution is 5.96. The molecule has 41 heavy (non-hydrogen) atoms. The van der Waals surface area contributed by atoms with Crippen LogP contribution in [-0.2, 0) is 22.7 Å². The quantitative estimate of drug-likeness (QED) is 0.124. The van der Waals surface area contributed by atoms with Crippen LogP contribution in [0, 0.1) is 5.41 Å². The van der Waals surface area contributed by atoms with Gasteiger partial charge in [0.05, 0.1) is 12.8 Å². The van der Waals surface area contributed by atoms with Gasteiger partial charge in [-0.15, -0.1) is 0 Å². The summed E-state index contributed by atoms with van der Waals surface area (Å²) in [6.07, 6.45) is 0. The van der Waals surface area contributed by atoms with Crippen LogP contribution in [0.1, 0.15) is 35.2 Å². The average Bonchev–Trinajstić information content (AvgIpc) is 2.98. The van der Waals surface area contributed by atoms with Gasteiger partial charge in [-0.25, -0.2) is 0 Å². The molecular weight excluding hydrogens is 518 g/mol. The summed E-state index contributed by atoms with van der Waals surface area (Å²) in [5.41, 5.74) is 9.56. The fourth-order valence-corrected chi connectivity index (χ4v) is 4.20. The molecule has 9 nitrogen and oxygen atoms in total. The minimum atomic E-state index is -0.930. The fourth-order valence-electron chi connectivity index (χ4n) is 4.20. The van der Waals surface area contributed by atoms with Crippen LogP contribution in [0.25, 0.3) is 0 Å². The van der Waals surface area contributed by atoms with Crippen LogP contribution in [0.5, 0.6) is 11.5 Å². The van der Waals surface area contributed by atoms with E-state index in [-0.39, 0.29) is 24.3 Å². The largest absolute Gasteiger partial charge is 0.493 e. The van der Waals surface area contributed by atoms with Crippen LogP contribution in [0.3, 0.4) is 0 Å². The molecule has 2 amide bonds. The number of carbonyl (C=O) groups excluding carboxylic acids is 2. The number of amides is 2. The Morgan fingerprint density at radius 2 is 1.51 bits per heavy atom. The molecule has 0 aliphatic heterocycles. The van der Waals surface area contributed by atoms with E-state index in [1.807, 2.05) is 60.7 Å². The Balaban J connectivity index is 1.71. The van der Waals surface area contributed by atoms with Gasteiger partial charge in [-0.1, -0.05) is 60.7 Å². The van der Waals surface area contributed by atoms with Crippen LogP contribution in [0.15, 0.2) is 97.1 Å². The molecule has 0 heterocycles. The molecule has 0 saturated carbocycles. The van der Waals surface area contributed by atoms with Crippen molar-refractivity contribution in [2.75, 3.05) is 17.7 Å². The molecule has 0 aliphatic carbocycles. The summed E-state index contributed by atoms with van der Waals surface area (Å²) in [4.78, 5) is 26.0. The van der Waals surface area contributed by atoms with Gasteiger partial charge in [-0.05, 0) is 41.5 Å². The number of rotatable bonds is 12. The highest BCUT2D eigenvalue weighted by atomic mass is 16.5. The number of nitrogens with one attached hydrogen (secondary N) is 4. The second-order valence-corrected chi connectivity index (χ2v) is 9.32. The normalized spacial score (nSPS) is 11.2. The summed E-state index contributed by atoms with van der Waals surface area (Å²) >= 11 is 0. The van der Waals surface area contributed by atoms with Gasteiger partial charge in [0.2, 0.25) is 11.8 Å². The number of nitrogen functional groups attached to an aromatic ring is 1. The molecule has 9 heteroatoms. The Morgan fingerprint density at radius 1 is 0.878 bits per heavy atom. The molecule has 0 aliphatic rings. The predicted octanol–water partition coefficient (Wildman–Crippen LogP) is 4.99. The molecule has 4 rings (SSSR count). The first-order valence-electron chi connectivity index (χ1n) is 13.0. The second-order valence-electron chi connectivity index (χ2n) is 9.32. The van der Waals surface area contributed by atoms with Crippen LogP contribution in [0.2, 0.25) is 0 Å². The van der Waals surface area contributed by atoms with Crippen molar-refractivity contribution in [2.45, 2.75) is 26.1 Å². The van der Waals surface area contributed by atoms with Crippen molar-refractivity contribution >= 4 is 29.0 Å². The van der Waals surface area contributed by atoms with E-state index in [1.54, 1.807) is 36.4 Å². The first kappa shape index (κ1) is 28.7. The first-order valence-corrected chi connectivity index (χ1v) is 13.0. The average molecular weight is 552 g/mol. The molecule has 0 spiro atoms. The molecule has 0 bridgehead atoms. The summed E-state index contributed by atoms with van der Waals surface area (Å²) in [6.45, 7) is 2.00. The van der Waals surface area contributed by atoms with Crippen molar-refractivity contribution < 1.29 is 19.1 Å². The van der Waals surface area contributed by atoms with Crippen molar-refractivity contribution in [1.29, 1.82) is 5.41 Å². The first-order chi connectivity index (χ1) is 19.8. The lowest BCUT2D eigenvalue weighted by Crippen LogP contribution is -2.34. The number of nitrogens with two attached hydrogens (primary N) is 1. The number of anilines is 2. The molecule has 0 fully saturated rings. The monoisotopic (exact) mass is 551 g/mol. The van der Waals surface area contributed by atoms with Crippen molar-refractivity contribution in [1.82, 2.24) is 5.32 Å². The zero-order valence-corrected chi connectivity index (χ0v) is 22.9. The maximum absolute atomic E-state index is 13.7. The lowest BCUT2D eigenvalue weighted by atomic mass is 10.0. The highest BCUT2D eigenvalue weighted by Gasteiger charge is 2.26. The minimum absolute atomic E-state index is 0.0579. The second kappa shape index (κ2) is 13.7. The van der Waals surface area contributed by atoms with E-state index < -0.39 is 6.04 Å². The smallest absolute Gasteiger partial charge is 0.247 e. The van der Waals surface area contributed by atoms with E-state index in [0.29, 0.717) is 40.5 Å². The van der Waals surface area contributed by atoms with Gasteiger partial charge in [0.25, 0.3) is 0 Å². The van der Waals surface area contributed by atoms with Gasteiger partial charge in [0.1, 0.15) is 18.5 Å². The summed E-state index contributed by atoms with van der Waals surface area (Å²) in [6, 6.07) is 28.5. The van der Waals surface area contributed by atoms with Crippen LogP contribution in [0.4, 0.5) is 11.4 Å². The molecule has 0 unspecified atom stereocenters. The Morgan fingerprint density at radius 3 is 2.10 bits per heavy atom. The number of ether oxygens (including phenoxy) is 2. The van der Waals surface area contributed by atoms with E-state index in [4.69, 9.17) is 20.6 Å². The summed E-state index contributed by atoms with van der Waals surface area (Å²) in [5.74, 6) is 0.131. The zero-order valence-electron chi connectivity index (χ0n) is 22.9. The van der Waals surface area contributed by atoms with Gasteiger partial charge in [-0.3, -0.25) is 15.0 Å². The molecule has 0 radical (unpaired) electrons. The number of carbonyl (C=O) groups is 2. The SMILES string of the molecule is COc1cc([C@H](Nc2ccc(C(=N)N)cc2)C(=O)NCc2ccccc2)c(NC(C)=O)cc1OCc1ccccc1. The van der Waals surface area contributed by atoms with Crippen molar-refractivity contribution in [3.8, 4) is 11.5 Å². The van der Waals surface area contributed by atoms with Crippen LogP contribution in [-0.4, -0.2) is 24.8 Å². The van der Waals surface area contributed by atoms with Crippen LogP contribution < -0.4 is 31.2 Å². The van der Waals surface area contributed by atoms with Gasteiger partial charge >= 0.3 is 0 Å². The van der Waals surface area contributed by atoms with E-state index >= 15 is 0 Å². The maximum Gasteiger partial charge on any atom is 0.247 e. The van der Waals surface area contributed by atoms with Crippen LogP contribution >= 0.6 is 0 Å². The van der Waals surface area contributed by atoms with Gasteiger partial charge in [0.15, 0.2) is 11.5 Å². The summed E-state index contributed by atoms with van der Waals surface area (Å²) < 4.78 is 11.7. The third kappa shape index (κ3) is 7.86. The minimum Gasteiger partial charge on any atom is -0.493 e. The van der Waals surface area contributed by atoms with Gasteiger partial charge < -0.3 is 31.2 Å². The number of methoxy groups -OCH3 is 1. The van der Waals surface area contributed by atoms with Crippen molar-refractivity contribution in [3.05, 3.63) is 119 Å². The van der Waals surface area contributed by atoms with E-state index in [1.165, 1.54) is 14.0 Å². The molecule has 4 aromatic carbocycles. The van der Waals surface area contributed by atoms with Crippen molar-refractivity contribution in [3.63, 3.8) is 0 Å². The number of hydrogen-bond acceptors (Lipinski definition) is 6. The third-order valence-electron chi connectivity index (χ3n) is 6.27. The Hall–Kier alpha value is -5.31. The predicted molar refractivity (Wildman–Crippen MR) is 160 cm³/mol. The number of hydrogen-bond donors (Lipinski definition) is 5. The topological polar surface area (TPSA) is 139 Å². The Bertz CT molecular complexity index is 1490. The zero-order chi connectivity index (χ0) is 29.2. The van der Waals surface area contributed by atoms with E-state index in [2.05, 4.69) is 16.0 Å². The maximum atomic E-state index is 13.7. The molecule has 4 aromatic rings. The number of amidine groups is 1. The van der Waals surface area contributed by atoms with Crippen molar-refractivity contribution in [2.24, 2.45) is 5.73 Å². The van der Waals surface area contributed by atoms with E-state index in [0.717, 1.165) is 11.1 Å². The Kier molecular flexibility index (Phi) is 9.56. The molecule has 210 valence electrons. The number of benzene rings is 4. The highest BCUT2D eigenvalue weighted by Crippen LogP contribution is 2.38. The third-order valence-corrected chi connectivity index (χ3v) is 6.27. The lowest BCUT2D eigenvalue weighted by molar-refractivity contribution is -0.122. The lowest BCUT2D eigenvalue weighted by Gasteiger charge is -2.24. The van der Waals surface area contributed by atoms with E-state index in [9.17, 15) is 9.59 Å². The molecule has 1 atom stereocenters. The molecular formula is C32H33N5O4. The summed E-state index contributed by atoms with van der Waals surface area (Å²) in [5, 5.41) is 16.8. The van der Waals surface area contributed by atoms with Gasteiger partial charge in [-0.2, -0.15) is 0 Å². The fraction of sp³-hybridized carbons (Fsp3) is 0.156. The Labute approximate surface area is 239 Å². The molecule has 0 aromatic heterocycles. The summed E-state index contributed by atoms with van der Waals surface area (Å²) in [7, 11) is 1.52. The standard InChI is InChI=1S/C32H33N5O4/c1-21(38)36-27-18-29(41-20-23-11-7-4-8-12-23)28(40-2)17-26(27)30(32(39)35-19-22-9-5-3-6-10-22)37-25-15-13-24(14-16-25)31(33)34/h3-18,30,37H,19-20H2,1-2H3,(H3,33,34)(H,35,39)(H,36,38)/t30-/m0/s1. The van der Waals surface area contributed by atoms with Gasteiger partial charge in [0, 0.05) is 36.3 Å². The molecule has 6 N–H and O–H groups in total.